The predicted molar refractivity (Wildman–Crippen MR) is 92.6 cm³/mol. The summed E-state index contributed by atoms with van der Waals surface area (Å²) in [5, 5.41) is 0. The lowest BCUT2D eigenvalue weighted by atomic mass is 9.89. The van der Waals surface area contributed by atoms with E-state index in [0.29, 0.717) is 13.0 Å². The van der Waals surface area contributed by atoms with Gasteiger partial charge >= 0.3 is 0 Å². The van der Waals surface area contributed by atoms with Crippen molar-refractivity contribution in [2.45, 2.75) is 18.6 Å². The molecule has 0 heterocycles. The Morgan fingerprint density at radius 2 is 1.73 bits per heavy atom. The standard InChI is InChI=1S/C19H21N3/c20-13-14-4-3-5-16(12-14)18-7-2-1-6-17(18)15-8-10-19(21,22)11-9-15/h1-10,12H,11,13,20-22H2. The molecule has 0 radical (unpaired) electrons. The number of nitrogens with two attached hydrogens (primary N) is 3. The average Bonchev–Trinajstić information content (AvgIpc) is 2.55. The van der Waals surface area contributed by atoms with Gasteiger partial charge in [-0.2, -0.15) is 0 Å². The fourth-order valence-electron chi connectivity index (χ4n) is 2.72. The molecule has 0 saturated carbocycles. The van der Waals surface area contributed by atoms with Crippen molar-refractivity contribution in [3.05, 3.63) is 77.9 Å². The molecule has 3 rings (SSSR count). The largest absolute Gasteiger partial charge is 0.326 e. The molecular weight excluding hydrogens is 270 g/mol. The van der Waals surface area contributed by atoms with Crippen LogP contribution in [0.4, 0.5) is 0 Å². The maximum atomic E-state index is 5.94. The molecule has 3 nitrogen and oxygen atoms in total. The maximum absolute atomic E-state index is 5.94. The molecule has 0 unspecified atom stereocenters. The Kier molecular flexibility index (Phi) is 3.94. The van der Waals surface area contributed by atoms with Gasteiger partial charge in [0.15, 0.2) is 0 Å². The summed E-state index contributed by atoms with van der Waals surface area (Å²) in [5.74, 6) is 0. The Balaban J connectivity index is 2.04. The van der Waals surface area contributed by atoms with Crippen LogP contribution in [0, 0.1) is 0 Å². The van der Waals surface area contributed by atoms with Crippen molar-refractivity contribution in [2.75, 3.05) is 0 Å². The maximum Gasteiger partial charge on any atom is 0.0867 e. The van der Waals surface area contributed by atoms with Gasteiger partial charge in [-0.3, -0.25) is 0 Å². The summed E-state index contributed by atoms with van der Waals surface area (Å²) in [6.07, 6.45) is 6.62. The van der Waals surface area contributed by atoms with Gasteiger partial charge in [0, 0.05) is 13.0 Å². The SMILES string of the molecule is NCc1cccc(-c2ccccc2C2=CCC(N)(N)C=C2)c1. The third kappa shape index (κ3) is 3.02. The minimum Gasteiger partial charge on any atom is -0.326 e. The first-order valence-electron chi connectivity index (χ1n) is 7.45. The van der Waals surface area contributed by atoms with E-state index in [4.69, 9.17) is 17.2 Å². The summed E-state index contributed by atoms with van der Waals surface area (Å²) >= 11 is 0. The normalized spacial score (nSPS) is 16.4. The fraction of sp³-hybridized carbons (Fsp3) is 0.158. The Labute approximate surface area is 131 Å². The van der Waals surface area contributed by atoms with E-state index in [9.17, 15) is 0 Å². The van der Waals surface area contributed by atoms with E-state index >= 15 is 0 Å². The van der Waals surface area contributed by atoms with Crippen LogP contribution < -0.4 is 17.2 Å². The van der Waals surface area contributed by atoms with Crippen molar-refractivity contribution < 1.29 is 0 Å². The first-order valence-corrected chi connectivity index (χ1v) is 7.45. The molecular formula is C19H21N3. The summed E-state index contributed by atoms with van der Waals surface area (Å²) < 4.78 is 0. The highest BCUT2D eigenvalue weighted by molar-refractivity contribution is 5.86. The molecule has 6 N–H and O–H groups in total. The van der Waals surface area contributed by atoms with Crippen LogP contribution in [-0.4, -0.2) is 5.66 Å². The Morgan fingerprint density at radius 1 is 0.955 bits per heavy atom. The molecule has 2 aromatic carbocycles. The van der Waals surface area contributed by atoms with Gasteiger partial charge in [-0.05, 0) is 40.0 Å². The highest BCUT2D eigenvalue weighted by Crippen LogP contribution is 2.32. The van der Waals surface area contributed by atoms with Crippen molar-refractivity contribution in [1.82, 2.24) is 0 Å². The molecule has 2 aromatic rings. The Hall–Kier alpha value is -2.20. The smallest absolute Gasteiger partial charge is 0.0867 e. The van der Waals surface area contributed by atoms with Gasteiger partial charge < -0.3 is 17.2 Å². The first-order chi connectivity index (χ1) is 10.6. The highest BCUT2D eigenvalue weighted by Gasteiger charge is 2.18. The van der Waals surface area contributed by atoms with Crippen molar-refractivity contribution in [3.63, 3.8) is 0 Å². The first kappa shape index (κ1) is 14.7. The molecule has 0 bridgehead atoms. The van der Waals surface area contributed by atoms with Crippen LogP contribution in [0.2, 0.25) is 0 Å². The van der Waals surface area contributed by atoms with Gasteiger partial charge in [-0.1, -0.05) is 54.6 Å². The van der Waals surface area contributed by atoms with Crippen LogP contribution in [0.15, 0.2) is 66.8 Å². The van der Waals surface area contributed by atoms with Crippen LogP contribution in [0.1, 0.15) is 17.5 Å². The van der Waals surface area contributed by atoms with Crippen LogP contribution in [0.3, 0.4) is 0 Å². The summed E-state index contributed by atoms with van der Waals surface area (Å²) in [7, 11) is 0. The number of hydrogen-bond acceptors (Lipinski definition) is 3. The summed E-state index contributed by atoms with van der Waals surface area (Å²) in [6, 6.07) is 16.7. The quantitative estimate of drug-likeness (QED) is 0.761. The molecule has 0 fully saturated rings. The van der Waals surface area contributed by atoms with Gasteiger partial charge in [0.1, 0.15) is 0 Å². The molecule has 0 aliphatic heterocycles. The lowest BCUT2D eigenvalue weighted by Crippen LogP contribution is -2.47. The summed E-state index contributed by atoms with van der Waals surface area (Å²) in [5.41, 5.74) is 22.7. The molecule has 112 valence electrons. The molecule has 3 heteroatoms. The third-order valence-corrected chi connectivity index (χ3v) is 3.96. The lowest BCUT2D eigenvalue weighted by Gasteiger charge is -2.23. The van der Waals surface area contributed by atoms with Crippen molar-refractivity contribution in [3.8, 4) is 11.1 Å². The Bertz CT molecular complexity index is 742. The number of allylic oxidation sites excluding steroid dienone is 2. The lowest BCUT2D eigenvalue weighted by molar-refractivity contribution is 0.559. The van der Waals surface area contributed by atoms with Gasteiger partial charge in [-0.25, -0.2) is 0 Å². The molecule has 22 heavy (non-hydrogen) atoms. The van der Waals surface area contributed by atoms with E-state index in [1.807, 2.05) is 30.4 Å². The van der Waals surface area contributed by atoms with Gasteiger partial charge in [0.2, 0.25) is 0 Å². The zero-order chi connectivity index (χ0) is 15.6. The van der Waals surface area contributed by atoms with Crippen molar-refractivity contribution in [2.24, 2.45) is 17.2 Å². The van der Waals surface area contributed by atoms with Crippen LogP contribution >= 0.6 is 0 Å². The summed E-state index contributed by atoms with van der Waals surface area (Å²) in [6.45, 7) is 0.543. The van der Waals surface area contributed by atoms with E-state index in [1.165, 1.54) is 16.7 Å². The molecule has 0 amide bonds. The number of rotatable bonds is 3. The van der Waals surface area contributed by atoms with E-state index in [0.717, 1.165) is 11.1 Å². The average molecular weight is 291 g/mol. The molecule has 0 atom stereocenters. The molecule has 1 aliphatic carbocycles. The summed E-state index contributed by atoms with van der Waals surface area (Å²) in [4.78, 5) is 0. The molecule has 0 spiro atoms. The van der Waals surface area contributed by atoms with Crippen LogP contribution in [0.25, 0.3) is 16.7 Å². The van der Waals surface area contributed by atoms with Crippen LogP contribution in [-0.2, 0) is 6.54 Å². The minimum atomic E-state index is -0.738. The Morgan fingerprint density at radius 3 is 2.41 bits per heavy atom. The molecule has 1 aliphatic rings. The number of benzene rings is 2. The van der Waals surface area contributed by atoms with E-state index in [1.54, 1.807) is 0 Å². The second-order valence-corrected chi connectivity index (χ2v) is 5.76. The van der Waals surface area contributed by atoms with E-state index in [2.05, 4.69) is 36.4 Å². The third-order valence-electron chi connectivity index (χ3n) is 3.96. The van der Waals surface area contributed by atoms with E-state index < -0.39 is 5.66 Å². The zero-order valence-electron chi connectivity index (χ0n) is 12.5. The minimum absolute atomic E-state index is 0.543. The van der Waals surface area contributed by atoms with Crippen molar-refractivity contribution >= 4 is 5.57 Å². The predicted octanol–water partition coefficient (Wildman–Crippen LogP) is 2.77. The molecule has 0 saturated heterocycles. The number of hydrogen-bond donors (Lipinski definition) is 3. The highest BCUT2D eigenvalue weighted by atomic mass is 14.9. The second-order valence-electron chi connectivity index (χ2n) is 5.76. The molecule has 0 aromatic heterocycles. The second kappa shape index (κ2) is 5.89. The fourth-order valence-corrected chi connectivity index (χ4v) is 2.72. The van der Waals surface area contributed by atoms with Gasteiger partial charge in [0.25, 0.3) is 0 Å². The monoisotopic (exact) mass is 291 g/mol. The van der Waals surface area contributed by atoms with Crippen molar-refractivity contribution in [1.29, 1.82) is 0 Å². The van der Waals surface area contributed by atoms with Gasteiger partial charge in [0.05, 0.1) is 5.66 Å². The topological polar surface area (TPSA) is 78.1 Å². The van der Waals surface area contributed by atoms with E-state index in [-0.39, 0.29) is 0 Å². The van der Waals surface area contributed by atoms with Gasteiger partial charge in [-0.15, -0.1) is 0 Å². The van der Waals surface area contributed by atoms with Crippen LogP contribution in [0.5, 0.6) is 0 Å². The zero-order valence-corrected chi connectivity index (χ0v) is 12.5.